The van der Waals surface area contributed by atoms with Crippen molar-refractivity contribution in [2.75, 3.05) is 6.61 Å². The van der Waals surface area contributed by atoms with E-state index in [-0.39, 0.29) is 12.6 Å². The van der Waals surface area contributed by atoms with Crippen molar-refractivity contribution in [3.05, 3.63) is 0 Å². The molecule has 0 aliphatic heterocycles. The van der Waals surface area contributed by atoms with Crippen LogP contribution < -0.4 is 0 Å². The van der Waals surface area contributed by atoms with Gasteiger partial charge in [-0.15, -0.1) is 0 Å². The Labute approximate surface area is 202 Å². The Hall–Kier alpha value is -0.570. The Balaban J connectivity index is 0. The van der Waals surface area contributed by atoms with E-state index in [1.54, 1.807) is 6.92 Å². The van der Waals surface area contributed by atoms with Crippen LogP contribution in [-0.4, -0.2) is 23.8 Å². The molecule has 0 bridgehead atoms. The number of aliphatic hydroxyl groups is 1. The highest BCUT2D eigenvalue weighted by atomic mass is 16.5. The van der Waals surface area contributed by atoms with Crippen LogP contribution in [-0.2, 0) is 9.53 Å². The fourth-order valence-electron chi connectivity index (χ4n) is 3.78. The lowest BCUT2D eigenvalue weighted by Gasteiger charge is -2.06. The molecule has 0 aromatic heterocycles. The van der Waals surface area contributed by atoms with E-state index in [2.05, 4.69) is 20.8 Å². The standard InChI is InChI=1S/C21H42O3.C8H18/c1-3-4-5-6-7-8-9-10-11-12-13-14-15-16-17-18-21(23)24-19-20(2)22;1-3-5-7-8-6-4-2/h20,22H,3-19H2,1-2H3;3-8H2,1-2H3. The zero-order valence-electron chi connectivity index (χ0n) is 22.6. The van der Waals surface area contributed by atoms with Gasteiger partial charge in [-0.2, -0.15) is 0 Å². The molecule has 0 saturated carbocycles. The highest BCUT2D eigenvalue weighted by Crippen LogP contribution is 2.13. The molecule has 0 aromatic rings. The maximum absolute atomic E-state index is 11.3. The minimum absolute atomic E-state index is 0.123. The van der Waals surface area contributed by atoms with Crippen molar-refractivity contribution in [3.63, 3.8) is 0 Å². The highest BCUT2D eigenvalue weighted by Gasteiger charge is 2.04. The lowest BCUT2D eigenvalue weighted by molar-refractivity contribution is -0.146. The molecular weight excluding hydrogens is 396 g/mol. The van der Waals surface area contributed by atoms with Crippen LogP contribution in [0.15, 0.2) is 0 Å². The van der Waals surface area contributed by atoms with Crippen molar-refractivity contribution in [1.82, 2.24) is 0 Å². The van der Waals surface area contributed by atoms with Crippen LogP contribution in [0.25, 0.3) is 0 Å². The Kier molecular flexibility index (Phi) is 32.0. The van der Waals surface area contributed by atoms with E-state index < -0.39 is 6.10 Å². The number of ether oxygens (including phenoxy) is 1. The number of esters is 1. The maximum atomic E-state index is 11.3. The quantitative estimate of drug-likeness (QED) is 0.123. The molecule has 0 spiro atoms. The number of carbonyl (C=O) groups is 1. The molecule has 0 radical (unpaired) electrons. The van der Waals surface area contributed by atoms with Crippen molar-refractivity contribution in [2.24, 2.45) is 0 Å². The van der Waals surface area contributed by atoms with Crippen molar-refractivity contribution in [2.45, 2.75) is 175 Å². The predicted octanol–water partition coefficient (Wildman–Crippen LogP) is 9.54. The summed E-state index contributed by atoms with van der Waals surface area (Å²) in [5.41, 5.74) is 0. The number of unbranched alkanes of at least 4 members (excludes halogenated alkanes) is 19. The molecule has 1 atom stereocenters. The van der Waals surface area contributed by atoms with Crippen LogP contribution in [0.2, 0.25) is 0 Å². The third-order valence-electron chi connectivity index (χ3n) is 5.93. The molecule has 3 heteroatoms. The molecule has 0 saturated heterocycles. The largest absolute Gasteiger partial charge is 0.463 e. The Morgan fingerprint density at radius 1 is 0.562 bits per heavy atom. The molecule has 0 heterocycles. The maximum Gasteiger partial charge on any atom is 0.305 e. The van der Waals surface area contributed by atoms with Gasteiger partial charge in [-0.1, -0.05) is 149 Å². The molecular formula is C29H60O3. The van der Waals surface area contributed by atoms with Crippen LogP contribution in [0.1, 0.15) is 169 Å². The first-order valence-electron chi connectivity index (χ1n) is 14.4. The topological polar surface area (TPSA) is 46.5 Å². The molecule has 0 amide bonds. The number of carbonyl (C=O) groups excluding carboxylic acids is 1. The highest BCUT2D eigenvalue weighted by molar-refractivity contribution is 5.69. The van der Waals surface area contributed by atoms with Gasteiger partial charge in [-0.05, 0) is 13.3 Å². The van der Waals surface area contributed by atoms with Gasteiger partial charge in [0.15, 0.2) is 0 Å². The number of hydrogen-bond acceptors (Lipinski definition) is 3. The van der Waals surface area contributed by atoms with Crippen LogP contribution in [0.4, 0.5) is 0 Å². The monoisotopic (exact) mass is 456 g/mol. The summed E-state index contributed by atoms with van der Waals surface area (Å²) in [5.74, 6) is -0.175. The first kappa shape index (κ1) is 33.6. The molecule has 0 rings (SSSR count). The fourth-order valence-corrected chi connectivity index (χ4v) is 3.78. The van der Waals surface area contributed by atoms with Crippen LogP contribution in [0, 0.1) is 0 Å². The predicted molar refractivity (Wildman–Crippen MR) is 141 cm³/mol. The van der Waals surface area contributed by atoms with E-state index in [1.807, 2.05) is 0 Å². The summed E-state index contributed by atoms with van der Waals surface area (Å²) in [6, 6.07) is 0. The minimum atomic E-state index is -0.560. The average molecular weight is 457 g/mol. The van der Waals surface area contributed by atoms with Crippen LogP contribution >= 0.6 is 0 Å². The smallest absolute Gasteiger partial charge is 0.305 e. The van der Waals surface area contributed by atoms with Gasteiger partial charge in [0.2, 0.25) is 0 Å². The lowest BCUT2D eigenvalue weighted by Crippen LogP contribution is -2.14. The van der Waals surface area contributed by atoms with Gasteiger partial charge in [0.05, 0.1) is 6.10 Å². The Morgan fingerprint density at radius 3 is 1.12 bits per heavy atom. The summed E-state index contributed by atoms with van der Waals surface area (Å²) >= 11 is 0. The summed E-state index contributed by atoms with van der Waals surface area (Å²) in [7, 11) is 0. The molecule has 1 unspecified atom stereocenters. The van der Waals surface area contributed by atoms with Crippen molar-refractivity contribution in [1.29, 1.82) is 0 Å². The fraction of sp³-hybridized carbons (Fsp3) is 0.966. The molecule has 194 valence electrons. The Bertz CT molecular complexity index is 335. The van der Waals surface area contributed by atoms with E-state index >= 15 is 0 Å². The first-order chi connectivity index (χ1) is 15.6. The second-order valence-corrected chi connectivity index (χ2v) is 9.65. The summed E-state index contributed by atoms with van der Waals surface area (Å²) in [5, 5.41) is 9.03. The first-order valence-corrected chi connectivity index (χ1v) is 14.4. The second-order valence-electron chi connectivity index (χ2n) is 9.65. The van der Waals surface area contributed by atoms with Gasteiger partial charge < -0.3 is 9.84 Å². The van der Waals surface area contributed by atoms with E-state index in [0.717, 1.165) is 12.8 Å². The van der Waals surface area contributed by atoms with Gasteiger partial charge in [0.1, 0.15) is 6.61 Å². The molecule has 0 aliphatic rings. The van der Waals surface area contributed by atoms with E-state index in [0.29, 0.717) is 6.42 Å². The molecule has 32 heavy (non-hydrogen) atoms. The summed E-state index contributed by atoms with van der Waals surface area (Å²) in [6.45, 7) is 8.53. The summed E-state index contributed by atoms with van der Waals surface area (Å²) < 4.78 is 4.93. The third kappa shape index (κ3) is 34.1. The van der Waals surface area contributed by atoms with Gasteiger partial charge in [-0.25, -0.2) is 0 Å². The number of aliphatic hydroxyl groups excluding tert-OH is 1. The number of hydrogen-bond donors (Lipinski definition) is 1. The zero-order chi connectivity index (χ0) is 24.1. The average Bonchev–Trinajstić information content (AvgIpc) is 2.78. The molecule has 0 aliphatic carbocycles. The third-order valence-corrected chi connectivity index (χ3v) is 5.93. The van der Waals surface area contributed by atoms with Crippen molar-refractivity contribution >= 4 is 5.97 Å². The molecule has 3 nitrogen and oxygen atoms in total. The van der Waals surface area contributed by atoms with E-state index in [9.17, 15) is 4.79 Å². The lowest BCUT2D eigenvalue weighted by atomic mass is 10.0. The van der Waals surface area contributed by atoms with Crippen LogP contribution in [0.3, 0.4) is 0 Å². The SMILES string of the molecule is CCCCCCCC.CCCCCCCCCCCCCCCCCC(=O)OCC(C)O. The molecule has 1 N–H and O–H groups in total. The second kappa shape index (κ2) is 30.4. The van der Waals surface area contributed by atoms with Gasteiger partial charge in [0, 0.05) is 6.42 Å². The molecule has 0 aromatic carbocycles. The zero-order valence-corrected chi connectivity index (χ0v) is 22.6. The molecule has 0 fully saturated rings. The van der Waals surface area contributed by atoms with E-state index in [4.69, 9.17) is 9.84 Å². The van der Waals surface area contributed by atoms with Gasteiger partial charge in [-0.3, -0.25) is 4.79 Å². The van der Waals surface area contributed by atoms with Gasteiger partial charge in [0.25, 0.3) is 0 Å². The Morgan fingerprint density at radius 2 is 0.844 bits per heavy atom. The van der Waals surface area contributed by atoms with Crippen LogP contribution in [0.5, 0.6) is 0 Å². The number of rotatable bonds is 23. The van der Waals surface area contributed by atoms with Gasteiger partial charge >= 0.3 is 5.97 Å². The normalized spacial score (nSPS) is 11.7. The minimum Gasteiger partial charge on any atom is -0.463 e. The van der Waals surface area contributed by atoms with E-state index in [1.165, 1.54) is 122 Å². The van der Waals surface area contributed by atoms with Crippen molar-refractivity contribution in [3.8, 4) is 0 Å². The van der Waals surface area contributed by atoms with Crippen molar-refractivity contribution < 1.29 is 14.6 Å². The summed E-state index contributed by atoms with van der Waals surface area (Å²) in [4.78, 5) is 11.3. The summed E-state index contributed by atoms with van der Waals surface area (Å²) in [6.07, 6.45) is 28.3.